The van der Waals surface area contributed by atoms with Gasteiger partial charge in [0.15, 0.2) is 11.8 Å². The van der Waals surface area contributed by atoms with Crippen molar-refractivity contribution >= 4 is 46.3 Å². The van der Waals surface area contributed by atoms with E-state index in [4.69, 9.17) is 45.3 Å². The summed E-state index contributed by atoms with van der Waals surface area (Å²) in [6, 6.07) is 10.6. The van der Waals surface area contributed by atoms with E-state index in [1.165, 1.54) is 31.8 Å². The van der Waals surface area contributed by atoms with E-state index in [2.05, 4.69) is 29.0 Å². The van der Waals surface area contributed by atoms with Crippen LogP contribution in [0.1, 0.15) is 0 Å². The van der Waals surface area contributed by atoms with Gasteiger partial charge in [-0.1, -0.05) is 31.2 Å². The average molecular weight is 720 g/mol. The van der Waals surface area contributed by atoms with E-state index in [0.717, 1.165) is 6.04 Å². The summed E-state index contributed by atoms with van der Waals surface area (Å²) in [7, 11) is -2.34. The van der Waals surface area contributed by atoms with Gasteiger partial charge in [-0.15, -0.1) is 0 Å². The Balaban J connectivity index is 1.36. The lowest BCUT2D eigenvalue weighted by Crippen LogP contribution is -2.35. The maximum absolute atomic E-state index is 15.2. The van der Waals surface area contributed by atoms with E-state index >= 15 is 4.39 Å². The molecule has 4 aromatic rings. The number of imidazole rings is 1. The molecule has 2 aliphatic rings. The molecule has 0 saturated carbocycles. The van der Waals surface area contributed by atoms with Crippen molar-refractivity contribution in [3.63, 3.8) is 0 Å². The summed E-state index contributed by atoms with van der Waals surface area (Å²) in [6.45, 7) is 7.93. The van der Waals surface area contributed by atoms with Crippen molar-refractivity contribution in [2.24, 2.45) is 4.36 Å². The molecular formula is C32H39ClFN5O7SSi. The Morgan fingerprint density at radius 1 is 1.08 bits per heavy atom. The van der Waals surface area contributed by atoms with Gasteiger partial charge in [0.05, 0.1) is 48.0 Å². The molecule has 1 N–H and O–H groups in total. The zero-order valence-electron chi connectivity index (χ0n) is 27.6. The molecule has 0 bridgehead atoms. The SMILES string of the molecule is COc1nc(-c2ccc(N=S(C)(C)=O)cc2F)ccc1-c1nc2c(cc1Cl)nc(O[C@@H]1CO[C@H]3[C@@H]1OC[C@H]3O)n2COCC[Si](C)(C)C. The van der Waals surface area contributed by atoms with Crippen LogP contribution in [-0.4, -0.2) is 101 Å². The summed E-state index contributed by atoms with van der Waals surface area (Å²) < 4.78 is 62.6. The molecule has 48 heavy (non-hydrogen) atoms. The van der Waals surface area contributed by atoms with Gasteiger partial charge in [0, 0.05) is 48.6 Å². The van der Waals surface area contributed by atoms with E-state index < -0.39 is 48.0 Å². The van der Waals surface area contributed by atoms with E-state index in [9.17, 15) is 9.32 Å². The molecule has 2 saturated heterocycles. The number of aliphatic hydroxyl groups excluding tert-OH is 1. The molecule has 0 amide bonds. The first-order valence-electron chi connectivity index (χ1n) is 15.5. The number of rotatable bonds is 11. The number of hydrogen-bond acceptors (Lipinski definition) is 11. The lowest BCUT2D eigenvalue weighted by Gasteiger charge is -2.19. The van der Waals surface area contributed by atoms with Gasteiger partial charge in [0.25, 0.3) is 0 Å². The second-order valence-corrected chi connectivity index (χ2v) is 21.9. The van der Waals surface area contributed by atoms with Gasteiger partial charge >= 0.3 is 6.01 Å². The molecule has 6 rings (SSSR count). The van der Waals surface area contributed by atoms with Gasteiger partial charge < -0.3 is 28.8 Å². The van der Waals surface area contributed by atoms with Crippen molar-refractivity contribution in [1.29, 1.82) is 0 Å². The third-order valence-electron chi connectivity index (χ3n) is 7.96. The highest BCUT2D eigenvalue weighted by molar-refractivity contribution is 7.92. The molecule has 1 aromatic carbocycles. The molecule has 2 fully saturated rings. The van der Waals surface area contributed by atoms with Crippen LogP contribution in [-0.2, 0) is 30.7 Å². The predicted molar refractivity (Wildman–Crippen MR) is 184 cm³/mol. The Hall–Kier alpha value is -3.18. The van der Waals surface area contributed by atoms with Crippen LogP contribution in [0.15, 0.2) is 40.8 Å². The Morgan fingerprint density at radius 3 is 2.54 bits per heavy atom. The smallest absolute Gasteiger partial charge is 0.301 e. The number of nitrogens with zero attached hydrogens (tertiary/aromatic N) is 5. The van der Waals surface area contributed by atoms with Crippen LogP contribution in [0.2, 0.25) is 30.7 Å². The van der Waals surface area contributed by atoms with Crippen molar-refractivity contribution < 1.29 is 37.4 Å². The van der Waals surface area contributed by atoms with E-state index in [-0.39, 0.29) is 48.1 Å². The molecule has 3 aromatic heterocycles. The summed E-state index contributed by atoms with van der Waals surface area (Å²) >= 11 is 6.79. The molecule has 0 spiro atoms. The molecule has 0 unspecified atom stereocenters. The number of methoxy groups -OCH3 is 1. The first-order valence-corrected chi connectivity index (χ1v) is 21.9. The predicted octanol–water partition coefficient (Wildman–Crippen LogP) is 5.54. The van der Waals surface area contributed by atoms with Crippen LogP contribution in [0.4, 0.5) is 10.1 Å². The minimum Gasteiger partial charge on any atom is -0.480 e. The molecule has 0 radical (unpaired) electrons. The lowest BCUT2D eigenvalue weighted by atomic mass is 10.1. The Labute approximate surface area is 284 Å². The lowest BCUT2D eigenvalue weighted by molar-refractivity contribution is 0.00336. The highest BCUT2D eigenvalue weighted by Crippen LogP contribution is 2.38. The topological polar surface area (TPSA) is 139 Å². The van der Waals surface area contributed by atoms with Gasteiger partial charge in [-0.2, -0.15) is 9.35 Å². The number of ether oxygens (including phenoxy) is 5. The fourth-order valence-electron chi connectivity index (χ4n) is 5.56. The maximum atomic E-state index is 15.2. The summed E-state index contributed by atoms with van der Waals surface area (Å²) in [5, 5.41) is 10.5. The number of aromatic nitrogens is 4. The molecule has 5 heterocycles. The van der Waals surface area contributed by atoms with Gasteiger partial charge in [-0.3, -0.25) is 4.57 Å². The average Bonchev–Trinajstić information content (AvgIpc) is 3.68. The Morgan fingerprint density at radius 2 is 1.83 bits per heavy atom. The van der Waals surface area contributed by atoms with Crippen LogP contribution in [0.3, 0.4) is 0 Å². The molecular weight excluding hydrogens is 681 g/mol. The summed E-state index contributed by atoms with van der Waals surface area (Å²) in [6.07, 6.45) is 0.867. The van der Waals surface area contributed by atoms with Crippen LogP contribution in [0.25, 0.3) is 33.7 Å². The van der Waals surface area contributed by atoms with Crippen molar-refractivity contribution in [3.05, 3.63) is 47.2 Å². The molecule has 0 aliphatic carbocycles. The van der Waals surface area contributed by atoms with E-state index in [1.807, 2.05) is 0 Å². The standard InChI is InChI=1S/C32H39ClFN5O7SSi/c1-42-31-20(9-10-23(35-31)19-8-7-18(13-22(19)34)38-47(2,3)41)27-21(33)14-24-30(37-27)39(17-43-11-12-48(4,5)6)32(36-24)46-26-16-45-28-25(40)15-44-29(26)28/h7-10,13-14,25-26,28-29,40H,11-12,15-17H2,1-6H3/t25-,26-,28-,29-/m1/s1. The summed E-state index contributed by atoms with van der Waals surface area (Å²) in [5.74, 6) is -0.388. The first-order chi connectivity index (χ1) is 22.7. The van der Waals surface area contributed by atoms with Crippen molar-refractivity contribution in [1.82, 2.24) is 19.5 Å². The van der Waals surface area contributed by atoms with Gasteiger partial charge in [-0.05, 0) is 36.4 Å². The maximum Gasteiger partial charge on any atom is 0.301 e. The third kappa shape index (κ3) is 7.51. The van der Waals surface area contributed by atoms with E-state index in [0.29, 0.717) is 34.7 Å². The van der Waals surface area contributed by atoms with Crippen LogP contribution >= 0.6 is 11.6 Å². The summed E-state index contributed by atoms with van der Waals surface area (Å²) in [4.78, 5) is 14.2. The van der Waals surface area contributed by atoms with Gasteiger partial charge in [0.2, 0.25) is 5.88 Å². The second kappa shape index (κ2) is 13.6. The van der Waals surface area contributed by atoms with E-state index in [1.54, 1.807) is 28.8 Å². The highest BCUT2D eigenvalue weighted by Gasteiger charge is 2.49. The largest absolute Gasteiger partial charge is 0.480 e. The monoisotopic (exact) mass is 719 g/mol. The van der Waals surface area contributed by atoms with Crippen LogP contribution in [0.5, 0.6) is 11.9 Å². The Kier molecular flexibility index (Phi) is 9.83. The normalized spacial score (nSPS) is 21.1. The summed E-state index contributed by atoms with van der Waals surface area (Å²) in [5.41, 5.74) is 2.61. The zero-order valence-corrected chi connectivity index (χ0v) is 30.2. The quantitative estimate of drug-likeness (QED) is 0.155. The van der Waals surface area contributed by atoms with Crippen LogP contribution in [0, 0.1) is 5.82 Å². The highest BCUT2D eigenvalue weighted by atomic mass is 35.5. The Bertz CT molecular complexity index is 1960. The number of benzene rings is 1. The van der Waals surface area contributed by atoms with Crippen molar-refractivity contribution in [2.75, 3.05) is 39.4 Å². The van der Waals surface area contributed by atoms with Gasteiger partial charge in [-0.25, -0.2) is 18.6 Å². The minimum atomic E-state index is -2.45. The molecule has 12 nitrogen and oxygen atoms in total. The molecule has 16 heteroatoms. The third-order valence-corrected chi connectivity index (χ3v) is 10.6. The van der Waals surface area contributed by atoms with Crippen LogP contribution < -0.4 is 9.47 Å². The van der Waals surface area contributed by atoms with Crippen molar-refractivity contribution in [3.8, 4) is 34.4 Å². The first kappa shape index (κ1) is 34.7. The molecule has 258 valence electrons. The second-order valence-electron chi connectivity index (χ2n) is 13.3. The number of pyridine rings is 2. The number of halogens is 2. The molecule has 2 aliphatic heterocycles. The number of fused-ring (bicyclic) bond motifs is 2. The number of aliphatic hydroxyl groups is 1. The minimum absolute atomic E-state index is 0.121. The molecule has 4 atom stereocenters. The zero-order chi connectivity index (χ0) is 34.4. The fraction of sp³-hybridized carbons (Fsp3) is 0.469. The fourth-order valence-corrected chi connectivity index (χ4v) is 7.19. The van der Waals surface area contributed by atoms with Gasteiger partial charge in [0.1, 0.15) is 36.4 Å². The number of hydrogen-bond donors (Lipinski definition) is 1. The van der Waals surface area contributed by atoms with Crippen molar-refractivity contribution in [2.45, 2.75) is 56.8 Å².